The van der Waals surface area contributed by atoms with Gasteiger partial charge in [-0.05, 0) is 45.7 Å². The van der Waals surface area contributed by atoms with Crippen LogP contribution < -0.4 is 5.32 Å². The molecule has 1 aliphatic heterocycles. The average molecular weight is 286 g/mol. The number of likely N-dealkylation sites (tertiary alicyclic amines) is 1. The Morgan fingerprint density at radius 1 is 0.950 bits per heavy atom. The van der Waals surface area contributed by atoms with Gasteiger partial charge in [-0.2, -0.15) is 0 Å². The molecular weight excluding hydrogens is 252 g/mol. The van der Waals surface area contributed by atoms with Gasteiger partial charge in [0.15, 0.2) is 0 Å². The lowest BCUT2D eigenvalue weighted by molar-refractivity contribution is 0.0400. The smallest absolute Gasteiger partial charge is 0.0701 e. The Kier molecular flexibility index (Phi) is 9.44. The maximum Gasteiger partial charge on any atom is 0.0701 e. The van der Waals surface area contributed by atoms with Crippen molar-refractivity contribution in [3.05, 3.63) is 0 Å². The molecule has 20 heavy (non-hydrogen) atoms. The van der Waals surface area contributed by atoms with E-state index in [9.17, 15) is 0 Å². The molecule has 120 valence electrons. The molecule has 4 heteroatoms. The summed E-state index contributed by atoms with van der Waals surface area (Å²) in [5.41, 5.74) is 0.260. The van der Waals surface area contributed by atoms with Crippen LogP contribution in [-0.4, -0.2) is 63.0 Å². The van der Waals surface area contributed by atoms with Crippen molar-refractivity contribution < 1.29 is 9.47 Å². The minimum Gasteiger partial charge on any atom is -0.378 e. The van der Waals surface area contributed by atoms with E-state index in [4.69, 9.17) is 9.47 Å². The van der Waals surface area contributed by atoms with Gasteiger partial charge in [0.25, 0.3) is 0 Å². The predicted octanol–water partition coefficient (Wildman–Crippen LogP) is 2.28. The summed E-state index contributed by atoms with van der Waals surface area (Å²) >= 11 is 0. The van der Waals surface area contributed by atoms with Crippen LogP contribution in [0.4, 0.5) is 0 Å². The Labute approximate surface area is 125 Å². The molecule has 1 heterocycles. The van der Waals surface area contributed by atoms with Crippen molar-refractivity contribution >= 4 is 0 Å². The van der Waals surface area contributed by atoms with Crippen LogP contribution in [0.2, 0.25) is 0 Å². The molecule has 0 aromatic heterocycles. The van der Waals surface area contributed by atoms with E-state index in [1.807, 2.05) is 0 Å². The van der Waals surface area contributed by atoms with Crippen molar-refractivity contribution in [3.8, 4) is 0 Å². The van der Waals surface area contributed by atoms with E-state index >= 15 is 0 Å². The number of rotatable bonds is 12. The Bertz CT molecular complexity index is 227. The molecule has 0 aromatic rings. The van der Waals surface area contributed by atoms with Crippen LogP contribution in [0.1, 0.15) is 46.5 Å². The first-order valence-electron chi connectivity index (χ1n) is 8.33. The zero-order valence-corrected chi connectivity index (χ0v) is 13.7. The molecule has 0 saturated carbocycles. The molecule has 4 nitrogen and oxygen atoms in total. The number of ether oxygens (including phenoxy) is 2. The number of nitrogens with one attached hydrogen (secondary N) is 1. The minimum absolute atomic E-state index is 0.260. The van der Waals surface area contributed by atoms with Crippen molar-refractivity contribution in [1.29, 1.82) is 0 Å². The molecular formula is C16H34N2O2. The molecule has 0 radical (unpaired) electrons. The van der Waals surface area contributed by atoms with Crippen molar-refractivity contribution in [2.45, 2.75) is 52.0 Å². The zero-order chi connectivity index (χ0) is 14.7. The van der Waals surface area contributed by atoms with Gasteiger partial charge in [0.1, 0.15) is 0 Å². The summed E-state index contributed by atoms with van der Waals surface area (Å²) in [5, 5.41) is 3.56. The third-order valence-electron chi connectivity index (χ3n) is 4.48. The second kappa shape index (κ2) is 10.6. The SMILES string of the molecule is CCC(C)(CC)NCCOCCOCCN1CCCC1. The molecule has 0 bridgehead atoms. The molecule has 0 aliphatic carbocycles. The quantitative estimate of drug-likeness (QED) is 0.558. The van der Waals surface area contributed by atoms with Gasteiger partial charge >= 0.3 is 0 Å². The van der Waals surface area contributed by atoms with E-state index in [0.29, 0.717) is 13.2 Å². The van der Waals surface area contributed by atoms with Gasteiger partial charge in [-0.1, -0.05) is 13.8 Å². The number of hydrogen-bond donors (Lipinski definition) is 1. The minimum atomic E-state index is 0.260. The summed E-state index contributed by atoms with van der Waals surface area (Å²) in [6, 6.07) is 0. The Morgan fingerprint density at radius 2 is 1.55 bits per heavy atom. The average Bonchev–Trinajstić information content (AvgIpc) is 2.98. The summed E-state index contributed by atoms with van der Waals surface area (Å²) in [7, 11) is 0. The van der Waals surface area contributed by atoms with Crippen molar-refractivity contribution in [3.63, 3.8) is 0 Å². The molecule has 1 aliphatic rings. The lowest BCUT2D eigenvalue weighted by Crippen LogP contribution is -2.42. The second-order valence-corrected chi connectivity index (χ2v) is 5.97. The third-order valence-corrected chi connectivity index (χ3v) is 4.48. The molecule has 0 spiro atoms. The fraction of sp³-hybridized carbons (Fsp3) is 1.00. The highest BCUT2D eigenvalue weighted by molar-refractivity contribution is 4.79. The summed E-state index contributed by atoms with van der Waals surface area (Å²) in [4.78, 5) is 2.47. The standard InChI is InChI=1S/C16H34N2O2/c1-4-16(3,5-2)17-8-12-19-14-15-20-13-11-18-9-6-7-10-18/h17H,4-15H2,1-3H3. The molecule has 0 atom stereocenters. The number of hydrogen-bond acceptors (Lipinski definition) is 4. The highest BCUT2D eigenvalue weighted by Gasteiger charge is 2.17. The zero-order valence-electron chi connectivity index (χ0n) is 13.7. The first kappa shape index (κ1) is 17.9. The molecule has 1 N–H and O–H groups in total. The van der Waals surface area contributed by atoms with Crippen LogP contribution >= 0.6 is 0 Å². The summed E-state index contributed by atoms with van der Waals surface area (Å²) in [6.45, 7) is 14.3. The first-order chi connectivity index (χ1) is 9.70. The first-order valence-corrected chi connectivity index (χ1v) is 8.33. The lowest BCUT2D eigenvalue weighted by Gasteiger charge is -2.28. The van der Waals surface area contributed by atoms with E-state index in [-0.39, 0.29) is 5.54 Å². The molecule has 1 fully saturated rings. The fourth-order valence-corrected chi connectivity index (χ4v) is 2.45. The van der Waals surface area contributed by atoms with Gasteiger partial charge in [0, 0.05) is 18.6 Å². The summed E-state index contributed by atoms with van der Waals surface area (Å²) < 4.78 is 11.2. The van der Waals surface area contributed by atoms with E-state index in [2.05, 4.69) is 31.0 Å². The monoisotopic (exact) mass is 286 g/mol. The molecule has 1 saturated heterocycles. The van der Waals surface area contributed by atoms with Crippen LogP contribution in [0, 0.1) is 0 Å². The van der Waals surface area contributed by atoms with E-state index < -0.39 is 0 Å². The Hall–Kier alpha value is -0.160. The van der Waals surface area contributed by atoms with Crippen LogP contribution in [0.5, 0.6) is 0 Å². The molecule has 0 amide bonds. The maximum absolute atomic E-state index is 5.60. The van der Waals surface area contributed by atoms with Gasteiger partial charge in [0.2, 0.25) is 0 Å². The van der Waals surface area contributed by atoms with Crippen LogP contribution in [0.3, 0.4) is 0 Å². The van der Waals surface area contributed by atoms with E-state index in [1.165, 1.54) is 25.9 Å². The third kappa shape index (κ3) is 7.58. The Balaban J connectivity index is 1.82. The van der Waals surface area contributed by atoms with Crippen LogP contribution in [-0.2, 0) is 9.47 Å². The van der Waals surface area contributed by atoms with E-state index in [0.717, 1.165) is 39.1 Å². The summed E-state index contributed by atoms with van der Waals surface area (Å²) in [6.07, 6.45) is 5.02. The van der Waals surface area contributed by atoms with Crippen molar-refractivity contribution in [1.82, 2.24) is 10.2 Å². The van der Waals surface area contributed by atoms with Gasteiger partial charge < -0.3 is 19.7 Å². The van der Waals surface area contributed by atoms with Gasteiger partial charge in [-0.25, -0.2) is 0 Å². The Morgan fingerprint density at radius 3 is 2.15 bits per heavy atom. The highest BCUT2D eigenvalue weighted by Crippen LogP contribution is 2.12. The highest BCUT2D eigenvalue weighted by atomic mass is 16.5. The topological polar surface area (TPSA) is 33.7 Å². The van der Waals surface area contributed by atoms with Gasteiger partial charge in [-0.15, -0.1) is 0 Å². The van der Waals surface area contributed by atoms with Crippen molar-refractivity contribution in [2.75, 3.05) is 52.6 Å². The lowest BCUT2D eigenvalue weighted by atomic mass is 9.96. The largest absolute Gasteiger partial charge is 0.378 e. The fourth-order valence-electron chi connectivity index (χ4n) is 2.45. The maximum atomic E-state index is 5.60. The van der Waals surface area contributed by atoms with Crippen LogP contribution in [0.25, 0.3) is 0 Å². The molecule has 0 unspecified atom stereocenters. The van der Waals surface area contributed by atoms with Gasteiger partial charge in [0.05, 0.1) is 26.4 Å². The van der Waals surface area contributed by atoms with Crippen LogP contribution in [0.15, 0.2) is 0 Å². The number of nitrogens with zero attached hydrogens (tertiary/aromatic N) is 1. The predicted molar refractivity (Wildman–Crippen MR) is 84.3 cm³/mol. The molecule has 0 aromatic carbocycles. The van der Waals surface area contributed by atoms with Crippen molar-refractivity contribution in [2.24, 2.45) is 0 Å². The summed E-state index contributed by atoms with van der Waals surface area (Å²) in [5.74, 6) is 0. The van der Waals surface area contributed by atoms with E-state index in [1.54, 1.807) is 0 Å². The molecule has 1 rings (SSSR count). The van der Waals surface area contributed by atoms with Gasteiger partial charge in [-0.3, -0.25) is 0 Å². The second-order valence-electron chi connectivity index (χ2n) is 5.97. The normalized spacial score (nSPS) is 16.9.